The van der Waals surface area contributed by atoms with Gasteiger partial charge < -0.3 is 14.7 Å². The second kappa shape index (κ2) is 8.25. The van der Waals surface area contributed by atoms with Crippen LogP contribution in [0.2, 0.25) is 0 Å². The highest BCUT2D eigenvalue weighted by Crippen LogP contribution is 2.15. The zero-order chi connectivity index (χ0) is 13.4. The zero-order valence-electron chi connectivity index (χ0n) is 11.7. The third kappa shape index (κ3) is 5.17. The fourth-order valence-electron chi connectivity index (χ4n) is 1.95. The highest BCUT2D eigenvalue weighted by atomic mass is 16.5. The van der Waals surface area contributed by atoms with Crippen molar-refractivity contribution in [1.29, 1.82) is 0 Å². The van der Waals surface area contributed by atoms with Crippen molar-refractivity contribution in [2.24, 2.45) is 0 Å². The summed E-state index contributed by atoms with van der Waals surface area (Å²) in [5, 5.41) is 10.1. The average molecular weight is 251 g/mol. The first-order valence-corrected chi connectivity index (χ1v) is 6.61. The van der Waals surface area contributed by atoms with Crippen molar-refractivity contribution >= 4 is 0 Å². The molecule has 1 N–H and O–H groups in total. The number of benzene rings is 1. The summed E-state index contributed by atoms with van der Waals surface area (Å²) in [7, 11) is 3.74. The van der Waals surface area contributed by atoms with Gasteiger partial charge in [0, 0.05) is 26.8 Å². The van der Waals surface area contributed by atoms with Gasteiger partial charge in [-0.25, -0.2) is 0 Å². The Labute approximate surface area is 110 Å². The van der Waals surface area contributed by atoms with Crippen LogP contribution in [0.25, 0.3) is 0 Å². The lowest BCUT2D eigenvalue weighted by Crippen LogP contribution is -2.26. The van der Waals surface area contributed by atoms with Gasteiger partial charge in [0.05, 0.1) is 6.10 Å². The number of nitrogens with zero attached hydrogens (tertiary/aromatic N) is 1. The Bertz CT molecular complexity index is 324. The van der Waals surface area contributed by atoms with E-state index in [1.807, 2.05) is 19.2 Å². The number of aliphatic hydroxyl groups is 1. The predicted molar refractivity (Wildman–Crippen MR) is 74.8 cm³/mol. The van der Waals surface area contributed by atoms with E-state index < -0.39 is 6.10 Å². The summed E-state index contributed by atoms with van der Waals surface area (Å²) in [6, 6.07) is 8.21. The van der Waals surface area contributed by atoms with Crippen LogP contribution in [0.4, 0.5) is 0 Å². The SMILES string of the molecule is CCc1ccc(C(O)CN(C)CCCOC)cc1. The molecule has 0 heterocycles. The minimum Gasteiger partial charge on any atom is -0.387 e. The number of rotatable bonds is 8. The zero-order valence-corrected chi connectivity index (χ0v) is 11.7. The fourth-order valence-corrected chi connectivity index (χ4v) is 1.95. The molecule has 102 valence electrons. The molecule has 1 aromatic rings. The maximum absolute atomic E-state index is 10.1. The van der Waals surface area contributed by atoms with E-state index in [1.165, 1.54) is 5.56 Å². The lowest BCUT2D eigenvalue weighted by Gasteiger charge is -2.20. The van der Waals surface area contributed by atoms with Crippen molar-refractivity contribution in [3.05, 3.63) is 35.4 Å². The Kier molecular flexibility index (Phi) is 6.94. The maximum Gasteiger partial charge on any atom is 0.0916 e. The molecule has 0 aliphatic rings. The van der Waals surface area contributed by atoms with Gasteiger partial charge in [-0.3, -0.25) is 0 Å². The molecule has 0 amide bonds. The number of aryl methyl sites for hydroxylation is 1. The third-order valence-corrected chi connectivity index (χ3v) is 3.15. The molecule has 0 aromatic heterocycles. The number of hydrogen-bond acceptors (Lipinski definition) is 3. The summed E-state index contributed by atoms with van der Waals surface area (Å²) < 4.78 is 5.02. The molecule has 1 rings (SSSR count). The minimum atomic E-state index is -0.413. The Hall–Kier alpha value is -0.900. The maximum atomic E-state index is 10.1. The van der Waals surface area contributed by atoms with E-state index >= 15 is 0 Å². The summed E-state index contributed by atoms with van der Waals surface area (Å²) in [6.45, 7) is 4.51. The second-order valence-corrected chi connectivity index (χ2v) is 4.72. The predicted octanol–water partition coefficient (Wildman–Crippen LogP) is 2.25. The van der Waals surface area contributed by atoms with E-state index in [2.05, 4.69) is 24.0 Å². The molecule has 1 unspecified atom stereocenters. The Balaban J connectivity index is 2.40. The fraction of sp³-hybridized carbons (Fsp3) is 0.600. The smallest absolute Gasteiger partial charge is 0.0916 e. The van der Waals surface area contributed by atoms with E-state index in [0.29, 0.717) is 6.54 Å². The van der Waals surface area contributed by atoms with Crippen molar-refractivity contribution in [3.8, 4) is 0 Å². The van der Waals surface area contributed by atoms with Crippen LogP contribution in [0.3, 0.4) is 0 Å². The van der Waals surface area contributed by atoms with Crippen LogP contribution < -0.4 is 0 Å². The third-order valence-electron chi connectivity index (χ3n) is 3.15. The molecular weight excluding hydrogens is 226 g/mol. The minimum absolute atomic E-state index is 0.413. The Morgan fingerprint density at radius 3 is 2.50 bits per heavy atom. The van der Waals surface area contributed by atoms with Gasteiger partial charge in [-0.15, -0.1) is 0 Å². The van der Waals surface area contributed by atoms with Gasteiger partial charge in [-0.1, -0.05) is 31.2 Å². The van der Waals surface area contributed by atoms with E-state index in [-0.39, 0.29) is 0 Å². The Morgan fingerprint density at radius 2 is 1.94 bits per heavy atom. The molecule has 0 fully saturated rings. The normalized spacial score (nSPS) is 12.9. The van der Waals surface area contributed by atoms with Gasteiger partial charge in [0.25, 0.3) is 0 Å². The lowest BCUT2D eigenvalue weighted by molar-refractivity contribution is 0.117. The summed E-state index contributed by atoms with van der Waals surface area (Å²) in [4.78, 5) is 2.14. The van der Waals surface area contributed by atoms with E-state index in [0.717, 1.165) is 31.6 Å². The molecule has 3 heteroatoms. The van der Waals surface area contributed by atoms with Crippen LogP contribution >= 0.6 is 0 Å². The molecule has 0 aliphatic heterocycles. The van der Waals surface area contributed by atoms with Crippen LogP contribution in [-0.4, -0.2) is 43.9 Å². The molecule has 0 aliphatic carbocycles. The lowest BCUT2D eigenvalue weighted by atomic mass is 10.1. The highest BCUT2D eigenvalue weighted by molar-refractivity contribution is 5.24. The number of likely N-dealkylation sites (N-methyl/N-ethyl adjacent to an activating group) is 1. The summed E-state index contributed by atoms with van der Waals surface area (Å²) in [5.41, 5.74) is 2.30. The monoisotopic (exact) mass is 251 g/mol. The molecule has 0 spiro atoms. The van der Waals surface area contributed by atoms with Crippen LogP contribution in [0.15, 0.2) is 24.3 Å². The van der Waals surface area contributed by atoms with E-state index in [9.17, 15) is 5.11 Å². The summed E-state index contributed by atoms with van der Waals surface area (Å²) >= 11 is 0. The molecule has 0 saturated carbocycles. The average Bonchev–Trinajstić information content (AvgIpc) is 2.39. The molecular formula is C15H25NO2. The topological polar surface area (TPSA) is 32.7 Å². The van der Waals surface area contributed by atoms with Gasteiger partial charge in [0.15, 0.2) is 0 Å². The van der Waals surface area contributed by atoms with E-state index in [1.54, 1.807) is 7.11 Å². The van der Waals surface area contributed by atoms with Crippen LogP contribution in [0, 0.1) is 0 Å². The molecule has 18 heavy (non-hydrogen) atoms. The summed E-state index contributed by atoms with van der Waals surface area (Å²) in [6.07, 6.45) is 1.62. The van der Waals surface area contributed by atoms with Crippen molar-refractivity contribution in [2.75, 3.05) is 33.9 Å². The molecule has 0 saturated heterocycles. The van der Waals surface area contributed by atoms with Gasteiger partial charge >= 0.3 is 0 Å². The quantitative estimate of drug-likeness (QED) is 0.719. The first-order chi connectivity index (χ1) is 8.67. The number of aliphatic hydroxyl groups excluding tert-OH is 1. The van der Waals surface area contributed by atoms with Crippen molar-refractivity contribution < 1.29 is 9.84 Å². The first kappa shape index (κ1) is 15.2. The molecule has 0 bridgehead atoms. The van der Waals surface area contributed by atoms with Gasteiger partial charge in [-0.2, -0.15) is 0 Å². The van der Waals surface area contributed by atoms with Gasteiger partial charge in [0.1, 0.15) is 0 Å². The molecule has 0 radical (unpaired) electrons. The number of ether oxygens (including phenoxy) is 1. The van der Waals surface area contributed by atoms with Gasteiger partial charge in [0.2, 0.25) is 0 Å². The highest BCUT2D eigenvalue weighted by Gasteiger charge is 2.10. The summed E-state index contributed by atoms with van der Waals surface area (Å²) in [5.74, 6) is 0. The number of hydrogen-bond donors (Lipinski definition) is 1. The molecule has 3 nitrogen and oxygen atoms in total. The van der Waals surface area contributed by atoms with Crippen LogP contribution in [0.5, 0.6) is 0 Å². The standard InChI is InChI=1S/C15H25NO2/c1-4-13-6-8-14(9-7-13)15(17)12-16(2)10-5-11-18-3/h6-9,15,17H,4-5,10-12H2,1-3H3. The Morgan fingerprint density at radius 1 is 1.28 bits per heavy atom. The number of methoxy groups -OCH3 is 1. The van der Waals surface area contributed by atoms with Crippen LogP contribution in [0.1, 0.15) is 30.6 Å². The second-order valence-electron chi connectivity index (χ2n) is 4.72. The van der Waals surface area contributed by atoms with Gasteiger partial charge in [-0.05, 0) is 31.0 Å². The van der Waals surface area contributed by atoms with Crippen molar-refractivity contribution in [1.82, 2.24) is 4.90 Å². The van der Waals surface area contributed by atoms with Crippen molar-refractivity contribution in [2.45, 2.75) is 25.9 Å². The largest absolute Gasteiger partial charge is 0.387 e. The van der Waals surface area contributed by atoms with E-state index in [4.69, 9.17) is 4.74 Å². The first-order valence-electron chi connectivity index (χ1n) is 6.61. The van der Waals surface area contributed by atoms with Crippen LogP contribution in [-0.2, 0) is 11.2 Å². The molecule has 1 aromatic carbocycles. The molecule has 1 atom stereocenters. The van der Waals surface area contributed by atoms with Crippen molar-refractivity contribution in [3.63, 3.8) is 0 Å².